The lowest BCUT2D eigenvalue weighted by Gasteiger charge is -2.36. The largest absolute Gasteiger partial charge is 0.508 e. The van der Waals surface area contributed by atoms with Crippen LogP contribution in [0.15, 0.2) is 54.6 Å². The number of aromatic hydroxyl groups is 1. The molecule has 23 heavy (non-hydrogen) atoms. The lowest BCUT2D eigenvalue weighted by Crippen LogP contribution is -2.41. The predicted octanol–water partition coefficient (Wildman–Crippen LogP) is 4.28. The zero-order valence-corrected chi connectivity index (χ0v) is 14.0. The normalized spacial score (nSPS) is 18.0. The van der Waals surface area contributed by atoms with E-state index in [1.54, 1.807) is 12.1 Å². The van der Waals surface area contributed by atoms with Crippen LogP contribution in [-0.4, -0.2) is 29.1 Å². The van der Waals surface area contributed by atoms with E-state index in [9.17, 15) is 5.11 Å². The number of piperidine rings is 1. The van der Waals surface area contributed by atoms with Gasteiger partial charge in [0.25, 0.3) is 0 Å². The van der Waals surface area contributed by atoms with Crippen molar-refractivity contribution >= 4 is 0 Å². The van der Waals surface area contributed by atoms with Gasteiger partial charge in [0.05, 0.1) is 0 Å². The zero-order valence-electron chi connectivity index (χ0n) is 14.0. The number of phenolic OH excluding ortho intramolecular Hbond substituents is 1. The molecule has 3 rings (SSSR count). The van der Waals surface area contributed by atoms with Crippen LogP contribution in [0.5, 0.6) is 5.75 Å². The van der Waals surface area contributed by atoms with Gasteiger partial charge in [-0.1, -0.05) is 42.5 Å². The van der Waals surface area contributed by atoms with E-state index >= 15 is 0 Å². The van der Waals surface area contributed by atoms with Crippen LogP contribution in [0.2, 0.25) is 0 Å². The number of rotatable bonds is 5. The average Bonchev–Trinajstić information content (AvgIpc) is 2.58. The van der Waals surface area contributed by atoms with Gasteiger partial charge in [0.15, 0.2) is 0 Å². The van der Waals surface area contributed by atoms with Crippen LogP contribution >= 0.6 is 0 Å². The van der Waals surface area contributed by atoms with Crippen LogP contribution in [-0.2, 0) is 12.8 Å². The summed E-state index contributed by atoms with van der Waals surface area (Å²) in [5.41, 5.74) is 2.78. The molecule has 0 spiro atoms. The van der Waals surface area contributed by atoms with Gasteiger partial charge in [0.2, 0.25) is 0 Å². The Morgan fingerprint density at radius 3 is 2.26 bits per heavy atom. The van der Waals surface area contributed by atoms with Crippen LogP contribution in [0.25, 0.3) is 0 Å². The maximum absolute atomic E-state index is 9.38. The van der Waals surface area contributed by atoms with Crippen LogP contribution in [0, 0.1) is 5.92 Å². The first-order valence-electron chi connectivity index (χ1n) is 8.76. The molecule has 0 aromatic heterocycles. The van der Waals surface area contributed by atoms with E-state index in [0.29, 0.717) is 11.8 Å². The molecule has 0 saturated carbocycles. The summed E-state index contributed by atoms with van der Waals surface area (Å²) >= 11 is 0. The molecule has 122 valence electrons. The maximum atomic E-state index is 9.38. The third-order valence-corrected chi connectivity index (χ3v) is 5.11. The van der Waals surface area contributed by atoms with Gasteiger partial charge in [-0.25, -0.2) is 0 Å². The number of hydrogen-bond acceptors (Lipinski definition) is 2. The van der Waals surface area contributed by atoms with Gasteiger partial charge in [-0.05, 0) is 74.9 Å². The Hall–Kier alpha value is -1.80. The molecule has 1 N–H and O–H groups in total. The molecule has 1 aliphatic rings. The Morgan fingerprint density at radius 2 is 1.61 bits per heavy atom. The van der Waals surface area contributed by atoms with Crippen molar-refractivity contribution in [1.29, 1.82) is 0 Å². The topological polar surface area (TPSA) is 23.5 Å². The van der Waals surface area contributed by atoms with Crippen molar-refractivity contribution in [2.75, 3.05) is 13.1 Å². The highest BCUT2D eigenvalue weighted by atomic mass is 16.3. The fourth-order valence-electron chi connectivity index (χ4n) is 3.65. The van der Waals surface area contributed by atoms with Crippen LogP contribution in [0.3, 0.4) is 0 Å². The molecule has 1 unspecified atom stereocenters. The third-order valence-electron chi connectivity index (χ3n) is 5.11. The first-order valence-corrected chi connectivity index (χ1v) is 8.76. The van der Waals surface area contributed by atoms with E-state index in [1.165, 1.54) is 43.5 Å². The highest BCUT2D eigenvalue weighted by molar-refractivity contribution is 5.26. The fraction of sp³-hybridized carbons (Fsp3) is 0.429. The van der Waals surface area contributed by atoms with Gasteiger partial charge >= 0.3 is 0 Å². The minimum atomic E-state index is 0.350. The summed E-state index contributed by atoms with van der Waals surface area (Å²) in [7, 11) is 0. The van der Waals surface area contributed by atoms with Crippen molar-refractivity contribution in [1.82, 2.24) is 4.90 Å². The molecule has 2 aromatic rings. The molecule has 1 atom stereocenters. The second-order valence-electron chi connectivity index (χ2n) is 6.89. The average molecular weight is 309 g/mol. The van der Waals surface area contributed by atoms with Crippen molar-refractivity contribution in [3.63, 3.8) is 0 Å². The Balaban J connectivity index is 1.47. The van der Waals surface area contributed by atoms with Crippen molar-refractivity contribution < 1.29 is 5.11 Å². The molecular weight excluding hydrogens is 282 g/mol. The van der Waals surface area contributed by atoms with E-state index in [2.05, 4.69) is 42.2 Å². The minimum absolute atomic E-state index is 0.350. The number of benzene rings is 2. The summed E-state index contributed by atoms with van der Waals surface area (Å²) in [6, 6.07) is 19.1. The Bertz CT molecular complexity index is 585. The van der Waals surface area contributed by atoms with E-state index in [1.807, 2.05) is 12.1 Å². The number of nitrogens with zero attached hydrogens (tertiary/aromatic N) is 1. The molecule has 1 aliphatic heterocycles. The molecule has 1 heterocycles. The first-order chi connectivity index (χ1) is 11.2. The van der Waals surface area contributed by atoms with Crippen LogP contribution in [0.4, 0.5) is 0 Å². The third kappa shape index (κ3) is 4.59. The van der Waals surface area contributed by atoms with E-state index < -0.39 is 0 Å². The zero-order chi connectivity index (χ0) is 16.1. The Labute approximate surface area is 139 Å². The second kappa shape index (κ2) is 7.65. The highest BCUT2D eigenvalue weighted by Gasteiger charge is 2.22. The molecule has 1 saturated heterocycles. The summed E-state index contributed by atoms with van der Waals surface area (Å²) in [6.45, 7) is 4.73. The predicted molar refractivity (Wildman–Crippen MR) is 95.7 cm³/mol. The fourth-order valence-corrected chi connectivity index (χ4v) is 3.65. The van der Waals surface area contributed by atoms with E-state index in [0.717, 1.165) is 12.3 Å². The number of likely N-dealkylation sites (tertiary alicyclic amines) is 1. The number of phenols is 1. The van der Waals surface area contributed by atoms with Gasteiger partial charge in [-0.3, -0.25) is 0 Å². The van der Waals surface area contributed by atoms with Crippen LogP contribution < -0.4 is 0 Å². The van der Waals surface area contributed by atoms with Gasteiger partial charge in [0, 0.05) is 6.04 Å². The van der Waals surface area contributed by atoms with Crippen molar-refractivity contribution in [2.24, 2.45) is 5.92 Å². The molecule has 0 aliphatic carbocycles. The monoisotopic (exact) mass is 309 g/mol. The van der Waals surface area contributed by atoms with Gasteiger partial charge in [-0.2, -0.15) is 0 Å². The molecule has 2 heteroatoms. The first kappa shape index (κ1) is 16.1. The van der Waals surface area contributed by atoms with Crippen molar-refractivity contribution in [2.45, 2.75) is 38.6 Å². The summed E-state index contributed by atoms with van der Waals surface area (Å²) in [6.07, 6.45) is 4.88. The summed E-state index contributed by atoms with van der Waals surface area (Å²) in [5, 5.41) is 9.38. The van der Waals surface area contributed by atoms with E-state index in [-0.39, 0.29) is 0 Å². The molecule has 2 nitrogen and oxygen atoms in total. The quantitative estimate of drug-likeness (QED) is 0.891. The van der Waals surface area contributed by atoms with Gasteiger partial charge in [0.1, 0.15) is 5.75 Å². The molecule has 0 radical (unpaired) electrons. The minimum Gasteiger partial charge on any atom is -0.508 e. The molecule has 0 amide bonds. The second-order valence-corrected chi connectivity index (χ2v) is 6.89. The molecular formula is C21H27NO. The number of hydrogen-bond donors (Lipinski definition) is 1. The van der Waals surface area contributed by atoms with Gasteiger partial charge < -0.3 is 10.0 Å². The Morgan fingerprint density at radius 1 is 0.957 bits per heavy atom. The summed E-state index contributed by atoms with van der Waals surface area (Å²) < 4.78 is 0. The van der Waals surface area contributed by atoms with E-state index in [4.69, 9.17) is 0 Å². The van der Waals surface area contributed by atoms with Crippen molar-refractivity contribution in [3.8, 4) is 5.75 Å². The lowest BCUT2D eigenvalue weighted by atomic mass is 9.89. The SMILES string of the molecule is CC(Cc1ccc(O)cc1)N1CCC(Cc2ccccc2)CC1. The summed E-state index contributed by atoms with van der Waals surface area (Å²) in [4.78, 5) is 2.62. The van der Waals surface area contributed by atoms with Crippen molar-refractivity contribution in [3.05, 3.63) is 65.7 Å². The van der Waals surface area contributed by atoms with Gasteiger partial charge in [-0.15, -0.1) is 0 Å². The van der Waals surface area contributed by atoms with Crippen LogP contribution in [0.1, 0.15) is 30.9 Å². The maximum Gasteiger partial charge on any atom is 0.115 e. The molecule has 1 fully saturated rings. The molecule has 2 aromatic carbocycles. The smallest absolute Gasteiger partial charge is 0.115 e. The lowest BCUT2D eigenvalue weighted by molar-refractivity contribution is 0.140. The summed E-state index contributed by atoms with van der Waals surface area (Å²) in [5.74, 6) is 1.18. The Kier molecular flexibility index (Phi) is 5.35. The highest BCUT2D eigenvalue weighted by Crippen LogP contribution is 2.24. The molecule has 0 bridgehead atoms. The standard InChI is InChI=1S/C21H27NO/c1-17(15-19-7-9-21(23)10-8-19)22-13-11-20(12-14-22)16-18-5-3-2-4-6-18/h2-10,17,20,23H,11-16H2,1H3.